The van der Waals surface area contributed by atoms with Crippen LogP contribution in [0.3, 0.4) is 0 Å². The van der Waals surface area contributed by atoms with E-state index in [1.807, 2.05) is 6.92 Å². The molecule has 0 atom stereocenters. The van der Waals surface area contributed by atoms with Crippen molar-refractivity contribution in [2.45, 2.75) is 13.3 Å². The first kappa shape index (κ1) is 12.7. The maximum atomic E-state index is 13.4. The number of ether oxygens (including phenoxy) is 1. The Bertz CT molecular complexity index is 578. The average Bonchev–Trinajstić information content (AvgIpc) is 2.33. The first-order chi connectivity index (χ1) is 8.61. The minimum atomic E-state index is -0.799. The lowest BCUT2D eigenvalue weighted by Crippen LogP contribution is -1.98. The Morgan fingerprint density at radius 2 is 2.06 bits per heavy atom. The van der Waals surface area contributed by atoms with Gasteiger partial charge in [-0.15, -0.1) is 0 Å². The van der Waals surface area contributed by atoms with Gasteiger partial charge in [-0.1, -0.05) is 18.5 Å². The van der Waals surface area contributed by atoms with E-state index in [-0.39, 0.29) is 16.8 Å². The second-order valence-electron chi connectivity index (χ2n) is 3.48. The Balaban J connectivity index is 2.37. The molecule has 0 amide bonds. The lowest BCUT2D eigenvalue weighted by atomic mass is 10.2. The van der Waals surface area contributed by atoms with Gasteiger partial charge in [0.25, 0.3) is 0 Å². The lowest BCUT2D eigenvalue weighted by Gasteiger charge is -2.09. The van der Waals surface area contributed by atoms with Crippen molar-refractivity contribution in [2.75, 3.05) is 0 Å². The van der Waals surface area contributed by atoms with Gasteiger partial charge in [0.1, 0.15) is 17.3 Å². The van der Waals surface area contributed by atoms with E-state index < -0.39 is 11.6 Å². The molecule has 0 bridgehead atoms. The SMILES string of the molecule is CCc1c(Cl)ncnc1Oc1ccc(F)cc1F. The van der Waals surface area contributed by atoms with Crippen molar-refractivity contribution in [1.82, 2.24) is 9.97 Å². The quantitative estimate of drug-likeness (QED) is 0.797. The topological polar surface area (TPSA) is 35.0 Å². The van der Waals surface area contributed by atoms with Gasteiger partial charge in [0.2, 0.25) is 5.88 Å². The summed E-state index contributed by atoms with van der Waals surface area (Å²) in [7, 11) is 0. The van der Waals surface area contributed by atoms with Gasteiger partial charge in [-0.05, 0) is 18.6 Å². The highest BCUT2D eigenvalue weighted by Gasteiger charge is 2.13. The van der Waals surface area contributed by atoms with E-state index in [0.717, 1.165) is 12.1 Å². The Morgan fingerprint density at radius 3 is 2.72 bits per heavy atom. The zero-order valence-corrected chi connectivity index (χ0v) is 10.2. The van der Waals surface area contributed by atoms with E-state index in [9.17, 15) is 8.78 Å². The summed E-state index contributed by atoms with van der Waals surface area (Å²) in [6, 6.07) is 3.04. The number of aromatic nitrogens is 2. The van der Waals surface area contributed by atoms with Gasteiger partial charge in [0, 0.05) is 6.07 Å². The molecular weight excluding hydrogens is 262 g/mol. The van der Waals surface area contributed by atoms with Gasteiger partial charge >= 0.3 is 0 Å². The molecule has 0 saturated carbocycles. The normalized spacial score (nSPS) is 10.4. The molecule has 0 aliphatic heterocycles. The molecule has 0 aliphatic carbocycles. The molecule has 0 spiro atoms. The minimum absolute atomic E-state index is 0.110. The van der Waals surface area contributed by atoms with Crippen molar-refractivity contribution in [3.05, 3.63) is 46.9 Å². The third-order valence-corrected chi connectivity index (χ3v) is 2.63. The summed E-state index contributed by atoms with van der Waals surface area (Å²) >= 11 is 5.88. The summed E-state index contributed by atoms with van der Waals surface area (Å²) in [5, 5.41) is 0.255. The smallest absolute Gasteiger partial charge is 0.227 e. The Kier molecular flexibility index (Phi) is 3.72. The van der Waals surface area contributed by atoms with Gasteiger partial charge < -0.3 is 4.74 Å². The van der Waals surface area contributed by atoms with E-state index in [1.54, 1.807) is 0 Å². The number of halogens is 3. The predicted molar refractivity (Wildman–Crippen MR) is 62.9 cm³/mol. The Morgan fingerprint density at radius 1 is 1.28 bits per heavy atom. The van der Waals surface area contributed by atoms with Crippen molar-refractivity contribution < 1.29 is 13.5 Å². The molecule has 2 rings (SSSR count). The Hall–Kier alpha value is -1.75. The first-order valence-electron chi connectivity index (χ1n) is 5.24. The second-order valence-corrected chi connectivity index (χ2v) is 3.84. The third-order valence-electron chi connectivity index (χ3n) is 2.31. The van der Waals surface area contributed by atoms with Crippen LogP contribution in [0.5, 0.6) is 11.6 Å². The molecule has 18 heavy (non-hydrogen) atoms. The van der Waals surface area contributed by atoms with Crippen molar-refractivity contribution in [3.8, 4) is 11.6 Å². The summed E-state index contributed by atoms with van der Waals surface area (Å²) in [4.78, 5) is 7.70. The molecule has 1 heterocycles. The molecule has 6 heteroatoms. The van der Waals surface area contributed by atoms with E-state index in [4.69, 9.17) is 16.3 Å². The van der Waals surface area contributed by atoms with Crippen LogP contribution in [-0.4, -0.2) is 9.97 Å². The first-order valence-corrected chi connectivity index (χ1v) is 5.62. The monoisotopic (exact) mass is 270 g/mol. The van der Waals surface area contributed by atoms with Crippen molar-refractivity contribution in [3.63, 3.8) is 0 Å². The van der Waals surface area contributed by atoms with Gasteiger partial charge in [0.05, 0.1) is 5.56 Å². The molecule has 2 aromatic rings. The summed E-state index contributed by atoms with van der Waals surface area (Å²) in [5.74, 6) is -1.41. The maximum Gasteiger partial charge on any atom is 0.227 e. The second kappa shape index (κ2) is 5.27. The zero-order chi connectivity index (χ0) is 13.1. The van der Waals surface area contributed by atoms with Gasteiger partial charge in [-0.25, -0.2) is 18.7 Å². The Labute approximate surface area is 107 Å². The van der Waals surface area contributed by atoms with Crippen LogP contribution in [0, 0.1) is 11.6 Å². The summed E-state index contributed by atoms with van der Waals surface area (Å²) in [6.45, 7) is 1.85. The zero-order valence-electron chi connectivity index (χ0n) is 9.45. The number of rotatable bonds is 3. The van der Waals surface area contributed by atoms with Crippen LogP contribution in [-0.2, 0) is 6.42 Å². The highest BCUT2D eigenvalue weighted by molar-refractivity contribution is 6.30. The molecule has 0 saturated heterocycles. The number of hydrogen-bond donors (Lipinski definition) is 0. The van der Waals surface area contributed by atoms with E-state index in [1.165, 1.54) is 12.4 Å². The summed E-state index contributed by atoms with van der Waals surface area (Å²) < 4.78 is 31.5. The van der Waals surface area contributed by atoms with Crippen LogP contribution >= 0.6 is 11.6 Å². The van der Waals surface area contributed by atoms with E-state index in [2.05, 4.69) is 9.97 Å². The van der Waals surface area contributed by atoms with Crippen LogP contribution in [0.4, 0.5) is 8.78 Å². The van der Waals surface area contributed by atoms with Gasteiger partial charge in [-0.2, -0.15) is 0 Å². The van der Waals surface area contributed by atoms with Crippen LogP contribution in [0.1, 0.15) is 12.5 Å². The number of hydrogen-bond acceptors (Lipinski definition) is 3. The molecule has 94 valence electrons. The fourth-order valence-corrected chi connectivity index (χ4v) is 1.68. The maximum absolute atomic E-state index is 13.4. The number of nitrogens with zero attached hydrogens (tertiary/aromatic N) is 2. The highest BCUT2D eigenvalue weighted by Crippen LogP contribution is 2.28. The molecule has 0 fully saturated rings. The van der Waals surface area contributed by atoms with Crippen LogP contribution < -0.4 is 4.74 Å². The molecule has 0 radical (unpaired) electrons. The molecule has 1 aromatic heterocycles. The molecule has 0 unspecified atom stereocenters. The van der Waals surface area contributed by atoms with Gasteiger partial charge in [-0.3, -0.25) is 0 Å². The van der Waals surface area contributed by atoms with Crippen LogP contribution in [0.2, 0.25) is 5.15 Å². The molecule has 0 N–H and O–H groups in total. The van der Waals surface area contributed by atoms with Crippen molar-refractivity contribution in [2.24, 2.45) is 0 Å². The molecule has 0 aliphatic rings. The lowest BCUT2D eigenvalue weighted by molar-refractivity contribution is 0.418. The summed E-state index contributed by atoms with van der Waals surface area (Å²) in [6.07, 6.45) is 1.76. The fourth-order valence-electron chi connectivity index (χ4n) is 1.42. The van der Waals surface area contributed by atoms with Crippen LogP contribution in [0.15, 0.2) is 24.5 Å². The highest BCUT2D eigenvalue weighted by atomic mass is 35.5. The van der Waals surface area contributed by atoms with Gasteiger partial charge in [0.15, 0.2) is 11.6 Å². The molecule has 3 nitrogen and oxygen atoms in total. The molecular formula is C12H9ClF2N2O. The summed E-state index contributed by atoms with van der Waals surface area (Å²) in [5.41, 5.74) is 0.572. The standard InChI is InChI=1S/C12H9ClF2N2O/c1-2-8-11(13)16-6-17-12(8)18-10-4-3-7(14)5-9(10)15/h3-6H,2H2,1H3. The predicted octanol–water partition coefficient (Wildman–Crippen LogP) is 3.76. The van der Waals surface area contributed by atoms with Crippen molar-refractivity contribution in [1.29, 1.82) is 0 Å². The largest absolute Gasteiger partial charge is 0.435 e. The van der Waals surface area contributed by atoms with E-state index in [0.29, 0.717) is 12.0 Å². The third kappa shape index (κ3) is 2.56. The average molecular weight is 271 g/mol. The van der Waals surface area contributed by atoms with Crippen molar-refractivity contribution >= 4 is 11.6 Å². The van der Waals surface area contributed by atoms with E-state index >= 15 is 0 Å². The van der Waals surface area contributed by atoms with Crippen LogP contribution in [0.25, 0.3) is 0 Å². The minimum Gasteiger partial charge on any atom is -0.435 e. The fraction of sp³-hybridized carbons (Fsp3) is 0.167. The molecule has 1 aromatic carbocycles. The number of benzene rings is 1.